The van der Waals surface area contributed by atoms with Gasteiger partial charge in [0.05, 0.1) is 0 Å². The van der Waals surface area contributed by atoms with Gasteiger partial charge < -0.3 is 4.74 Å². The van der Waals surface area contributed by atoms with E-state index in [0.717, 1.165) is 11.1 Å². The highest BCUT2D eigenvalue weighted by Crippen LogP contribution is 2.31. The largest absolute Gasteiger partial charge is 0.459 e. The summed E-state index contributed by atoms with van der Waals surface area (Å²) in [6, 6.07) is 19.5. The van der Waals surface area contributed by atoms with Crippen LogP contribution in [-0.2, 0) is 21.4 Å². The van der Waals surface area contributed by atoms with Crippen LogP contribution in [0.5, 0.6) is 0 Å². The van der Waals surface area contributed by atoms with Crippen molar-refractivity contribution in [1.29, 1.82) is 0 Å². The van der Waals surface area contributed by atoms with Gasteiger partial charge >= 0.3 is 5.97 Å². The van der Waals surface area contributed by atoms with E-state index >= 15 is 0 Å². The molecule has 2 nitrogen and oxygen atoms in total. The Morgan fingerprint density at radius 3 is 2.04 bits per heavy atom. The van der Waals surface area contributed by atoms with E-state index in [0.29, 0.717) is 6.42 Å². The summed E-state index contributed by atoms with van der Waals surface area (Å²) < 4.78 is 5.72. The molecule has 0 fully saturated rings. The zero-order valence-electron chi connectivity index (χ0n) is 14.3. The highest BCUT2D eigenvalue weighted by atomic mass is 28.1. The molecule has 0 bridgehead atoms. The predicted molar refractivity (Wildman–Crippen MR) is 97.6 cm³/mol. The van der Waals surface area contributed by atoms with E-state index in [1.165, 1.54) is 0 Å². The molecule has 0 saturated carbocycles. The summed E-state index contributed by atoms with van der Waals surface area (Å²) >= 11 is 0. The predicted octanol–water partition coefficient (Wildman–Crippen LogP) is 3.64. The second-order valence-corrected chi connectivity index (χ2v) is 6.94. The Morgan fingerprint density at radius 2 is 1.54 bits per heavy atom. The molecule has 3 radical (unpaired) electrons. The van der Waals surface area contributed by atoms with Gasteiger partial charge in [-0.15, -0.1) is 5.54 Å². The van der Waals surface area contributed by atoms with Crippen molar-refractivity contribution < 1.29 is 9.53 Å². The van der Waals surface area contributed by atoms with Crippen molar-refractivity contribution in [2.45, 2.75) is 38.2 Å². The molecule has 0 spiro atoms. The van der Waals surface area contributed by atoms with Crippen molar-refractivity contribution in [1.82, 2.24) is 0 Å². The number of hydrogen-bond donors (Lipinski definition) is 0. The molecule has 0 amide bonds. The average Bonchev–Trinajstić information content (AvgIpc) is 2.54. The highest BCUT2D eigenvalue weighted by molar-refractivity contribution is 6.22. The van der Waals surface area contributed by atoms with Gasteiger partial charge in [-0.2, -0.15) is 0 Å². The second-order valence-electron chi connectivity index (χ2n) is 6.69. The molecular weight excluding hydrogens is 312 g/mol. The summed E-state index contributed by atoms with van der Waals surface area (Å²) in [5.41, 5.74) is 2.97. The van der Waals surface area contributed by atoms with E-state index in [1.807, 2.05) is 81.4 Å². The molecule has 24 heavy (non-hydrogen) atoms. The minimum absolute atomic E-state index is 0.337. The third kappa shape index (κ3) is 4.36. The summed E-state index contributed by atoms with van der Waals surface area (Å²) in [5, 5.41) is 0. The quantitative estimate of drug-likeness (QED) is 0.485. The van der Waals surface area contributed by atoms with Gasteiger partial charge in [-0.3, -0.25) is 4.79 Å². The number of benzene rings is 2. The van der Waals surface area contributed by atoms with Gasteiger partial charge in [0.1, 0.15) is 15.8 Å². The van der Waals surface area contributed by atoms with Crippen molar-refractivity contribution in [3.05, 3.63) is 71.8 Å². The number of esters is 1. The summed E-state index contributed by atoms with van der Waals surface area (Å²) in [6.07, 6.45) is 0.449. The van der Waals surface area contributed by atoms with Crippen molar-refractivity contribution >= 4 is 16.2 Å². The second kappa shape index (κ2) is 7.50. The van der Waals surface area contributed by atoms with Crippen molar-refractivity contribution in [2.75, 3.05) is 0 Å². The molecule has 121 valence electrons. The third-order valence-corrected chi connectivity index (χ3v) is 3.73. The first kappa shape index (κ1) is 18.0. The normalized spacial score (nSPS) is 13.3. The Balaban J connectivity index is 2.56. The lowest BCUT2D eigenvalue weighted by Crippen LogP contribution is -2.42. The van der Waals surface area contributed by atoms with Gasteiger partial charge in [0.25, 0.3) is 0 Å². The average molecular weight is 333 g/mol. The van der Waals surface area contributed by atoms with Gasteiger partial charge in [0.15, 0.2) is 5.41 Å². The third-order valence-electron chi connectivity index (χ3n) is 3.60. The van der Waals surface area contributed by atoms with E-state index in [9.17, 15) is 4.79 Å². The monoisotopic (exact) mass is 333 g/mol. The van der Waals surface area contributed by atoms with Crippen LogP contribution in [0.1, 0.15) is 31.9 Å². The van der Waals surface area contributed by atoms with Crippen LogP contribution in [0.4, 0.5) is 0 Å². The molecule has 1 unspecified atom stereocenters. The lowest BCUT2D eigenvalue weighted by Gasteiger charge is -2.31. The van der Waals surface area contributed by atoms with E-state index in [2.05, 4.69) is 21.7 Å². The molecule has 0 aliphatic carbocycles. The molecule has 2 aromatic rings. The van der Waals surface area contributed by atoms with E-state index in [4.69, 9.17) is 4.74 Å². The SMILES string of the molecule is CC(C)(C)OC(=O)C(C#C[Si])(Cc1ccccc1)c1ccccc1. The minimum Gasteiger partial charge on any atom is -0.459 e. The Hall–Kier alpha value is -2.31. The lowest BCUT2D eigenvalue weighted by atomic mass is 9.76. The molecule has 0 heterocycles. The molecule has 2 aromatic carbocycles. The maximum absolute atomic E-state index is 13.1. The Morgan fingerprint density at radius 1 is 1.00 bits per heavy atom. The molecule has 0 N–H and O–H groups in total. The standard InChI is InChI=1S/C21H21O2Si/c1-20(2,3)23-19(22)21(14-15-24,18-12-8-5-9-13-18)16-17-10-6-4-7-11-17/h4-13H,16H2,1-3H3. The Bertz CT molecular complexity index is 736. The van der Waals surface area contributed by atoms with E-state index in [-0.39, 0.29) is 5.97 Å². The van der Waals surface area contributed by atoms with Crippen LogP contribution in [0, 0.1) is 11.5 Å². The molecule has 2 rings (SSSR count). The molecule has 1 atom stereocenters. The first-order valence-corrected chi connectivity index (χ1v) is 8.39. The zero-order chi connectivity index (χ0) is 17.6. The number of hydrogen-bond acceptors (Lipinski definition) is 2. The summed E-state index contributed by atoms with van der Waals surface area (Å²) in [4.78, 5) is 13.1. The van der Waals surface area contributed by atoms with Crippen molar-refractivity contribution in [2.24, 2.45) is 0 Å². The van der Waals surface area contributed by atoms with Crippen LogP contribution < -0.4 is 0 Å². The van der Waals surface area contributed by atoms with Gasteiger partial charge in [-0.1, -0.05) is 66.6 Å². The van der Waals surface area contributed by atoms with E-state index < -0.39 is 11.0 Å². The van der Waals surface area contributed by atoms with Gasteiger partial charge in [0, 0.05) is 6.42 Å². The van der Waals surface area contributed by atoms with Gasteiger partial charge in [-0.25, -0.2) is 0 Å². The van der Waals surface area contributed by atoms with Crippen molar-refractivity contribution in [3.8, 4) is 11.5 Å². The number of rotatable bonds is 4. The molecular formula is C21H21O2Si. The van der Waals surface area contributed by atoms with Crippen LogP contribution in [0.3, 0.4) is 0 Å². The Kier molecular flexibility index (Phi) is 5.64. The van der Waals surface area contributed by atoms with Crippen LogP contribution in [-0.4, -0.2) is 21.8 Å². The van der Waals surface area contributed by atoms with Crippen LogP contribution in [0.15, 0.2) is 60.7 Å². The number of ether oxygens (including phenoxy) is 1. The van der Waals surface area contributed by atoms with Gasteiger partial charge in [0.2, 0.25) is 0 Å². The topological polar surface area (TPSA) is 26.3 Å². The first-order valence-electron chi connectivity index (χ1n) is 7.89. The fraction of sp³-hybridized carbons (Fsp3) is 0.286. The van der Waals surface area contributed by atoms with Crippen LogP contribution >= 0.6 is 0 Å². The minimum atomic E-state index is -1.06. The fourth-order valence-electron chi connectivity index (χ4n) is 2.56. The number of carbonyl (C=O) groups excluding carboxylic acids is 1. The highest BCUT2D eigenvalue weighted by Gasteiger charge is 2.42. The lowest BCUT2D eigenvalue weighted by molar-refractivity contribution is -0.159. The van der Waals surface area contributed by atoms with E-state index in [1.54, 1.807) is 0 Å². The summed E-state index contributed by atoms with van der Waals surface area (Å²) in [5.74, 6) is 2.74. The zero-order valence-corrected chi connectivity index (χ0v) is 15.3. The van der Waals surface area contributed by atoms with Crippen molar-refractivity contribution in [3.63, 3.8) is 0 Å². The molecule has 0 saturated heterocycles. The summed E-state index contributed by atoms with van der Waals surface area (Å²) in [6.45, 7) is 5.60. The maximum Gasteiger partial charge on any atom is 0.329 e. The first-order chi connectivity index (χ1) is 11.4. The number of carbonyl (C=O) groups is 1. The van der Waals surface area contributed by atoms with Crippen LogP contribution in [0.2, 0.25) is 0 Å². The molecule has 3 heteroatoms. The summed E-state index contributed by atoms with van der Waals surface area (Å²) in [7, 11) is 3.23. The maximum atomic E-state index is 13.1. The molecule has 0 aromatic heterocycles. The molecule has 0 aliphatic rings. The molecule has 0 aliphatic heterocycles. The fourth-order valence-corrected chi connectivity index (χ4v) is 2.77. The van der Waals surface area contributed by atoms with Crippen LogP contribution in [0.25, 0.3) is 0 Å². The van der Waals surface area contributed by atoms with Gasteiger partial charge in [-0.05, 0) is 31.9 Å². The Labute approximate surface area is 147 Å². The smallest absolute Gasteiger partial charge is 0.329 e.